The molecule has 0 fully saturated rings. The fourth-order valence-electron chi connectivity index (χ4n) is 4.52. The smallest absolute Gasteiger partial charge is 0.323 e. The van der Waals surface area contributed by atoms with Crippen LogP contribution in [0, 0.1) is 5.82 Å². The van der Waals surface area contributed by atoms with Gasteiger partial charge in [-0.1, -0.05) is 54.6 Å². The van der Waals surface area contributed by atoms with E-state index < -0.39 is 11.9 Å². The number of aromatic nitrogens is 1. The zero-order valence-electron chi connectivity index (χ0n) is 21.0. The summed E-state index contributed by atoms with van der Waals surface area (Å²) < 4.78 is 20.8. The largest absolute Gasteiger partial charge is 0.494 e. The normalized spacial score (nSPS) is 11.3. The highest BCUT2D eigenvalue weighted by atomic mass is 19.1. The predicted molar refractivity (Wildman–Crippen MR) is 146 cm³/mol. The molecular weight excluding hydrogens is 485 g/mol. The minimum Gasteiger partial charge on any atom is -0.494 e. The van der Waals surface area contributed by atoms with Crippen LogP contribution in [0.15, 0.2) is 72.9 Å². The number of aryl methyl sites for hydroxylation is 2. The molecule has 38 heavy (non-hydrogen) atoms. The Morgan fingerprint density at radius 2 is 1.68 bits per heavy atom. The van der Waals surface area contributed by atoms with Gasteiger partial charge in [-0.3, -0.25) is 9.59 Å². The van der Waals surface area contributed by atoms with Crippen LogP contribution in [0.2, 0.25) is 0 Å². The first kappa shape index (κ1) is 26.7. The van der Waals surface area contributed by atoms with E-state index in [-0.39, 0.29) is 18.8 Å². The third kappa shape index (κ3) is 7.32. The molecule has 6 nitrogen and oxygen atoms in total. The highest BCUT2D eigenvalue weighted by Crippen LogP contribution is 2.28. The van der Waals surface area contributed by atoms with Gasteiger partial charge in [0.1, 0.15) is 18.1 Å². The summed E-state index contributed by atoms with van der Waals surface area (Å²) in [6, 6.07) is 20.1. The number of rotatable bonds is 13. The molecule has 0 aliphatic carbocycles. The molecule has 0 bridgehead atoms. The molecule has 0 unspecified atom stereocenters. The first-order chi connectivity index (χ1) is 18.4. The molecule has 2 N–H and O–H groups in total. The molecule has 0 radical (unpaired) electrons. The number of ether oxygens (including phenoxy) is 1. The molecule has 0 amide bonds. The topological polar surface area (TPSA) is 88.8 Å². The highest BCUT2D eigenvalue weighted by Gasteiger charge is 2.13. The Hall–Kier alpha value is -4.39. The van der Waals surface area contributed by atoms with Crippen molar-refractivity contribution in [3.8, 4) is 5.75 Å². The van der Waals surface area contributed by atoms with Crippen molar-refractivity contribution in [2.75, 3.05) is 6.61 Å². The Labute approximate surface area is 220 Å². The van der Waals surface area contributed by atoms with Crippen molar-refractivity contribution in [1.29, 1.82) is 0 Å². The van der Waals surface area contributed by atoms with Crippen LogP contribution in [0.5, 0.6) is 5.75 Å². The van der Waals surface area contributed by atoms with E-state index in [0.717, 1.165) is 51.7 Å². The Morgan fingerprint density at radius 3 is 2.42 bits per heavy atom. The van der Waals surface area contributed by atoms with Gasteiger partial charge in [-0.05, 0) is 72.2 Å². The second-order valence-electron chi connectivity index (χ2n) is 9.15. The molecule has 4 aromatic rings. The zero-order valence-corrected chi connectivity index (χ0v) is 21.0. The molecule has 3 aromatic carbocycles. The minimum absolute atomic E-state index is 0.0674. The summed E-state index contributed by atoms with van der Waals surface area (Å²) >= 11 is 0. The van der Waals surface area contributed by atoms with E-state index in [0.29, 0.717) is 19.4 Å². The van der Waals surface area contributed by atoms with Gasteiger partial charge in [0, 0.05) is 18.0 Å². The van der Waals surface area contributed by atoms with Crippen LogP contribution < -0.4 is 4.74 Å². The van der Waals surface area contributed by atoms with Crippen molar-refractivity contribution in [3.63, 3.8) is 0 Å². The molecule has 4 rings (SSSR count). The molecule has 0 aliphatic heterocycles. The third-order valence-electron chi connectivity index (χ3n) is 6.26. The van der Waals surface area contributed by atoms with Crippen molar-refractivity contribution in [2.45, 2.75) is 38.6 Å². The molecule has 7 heteroatoms. The maximum absolute atomic E-state index is 13.3. The Bertz CT molecular complexity index is 1440. The average Bonchev–Trinajstić information content (AvgIpc) is 3.23. The van der Waals surface area contributed by atoms with Crippen LogP contribution in [0.25, 0.3) is 23.1 Å². The van der Waals surface area contributed by atoms with Crippen LogP contribution in [0.1, 0.15) is 41.5 Å². The van der Waals surface area contributed by atoms with Gasteiger partial charge >= 0.3 is 11.9 Å². The Balaban J connectivity index is 1.43. The van der Waals surface area contributed by atoms with Crippen molar-refractivity contribution in [3.05, 3.63) is 101 Å². The zero-order chi connectivity index (χ0) is 26.9. The van der Waals surface area contributed by atoms with Crippen molar-refractivity contribution >= 4 is 35.0 Å². The van der Waals surface area contributed by atoms with Crippen LogP contribution in [-0.2, 0) is 29.0 Å². The molecule has 1 aromatic heterocycles. The van der Waals surface area contributed by atoms with Crippen LogP contribution in [-0.4, -0.2) is 33.3 Å². The van der Waals surface area contributed by atoms with Crippen molar-refractivity contribution in [2.24, 2.45) is 0 Å². The first-order valence-corrected chi connectivity index (χ1v) is 12.6. The average molecular weight is 516 g/mol. The van der Waals surface area contributed by atoms with Gasteiger partial charge in [-0.15, -0.1) is 0 Å². The second kappa shape index (κ2) is 12.7. The van der Waals surface area contributed by atoms with E-state index in [9.17, 15) is 19.1 Å². The molecular formula is C31H30FNO5. The molecule has 0 spiro atoms. The minimum atomic E-state index is -0.940. The van der Waals surface area contributed by atoms with E-state index in [1.807, 2.05) is 66.9 Å². The van der Waals surface area contributed by atoms with Crippen LogP contribution in [0.3, 0.4) is 0 Å². The van der Waals surface area contributed by atoms with Crippen LogP contribution in [0.4, 0.5) is 4.39 Å². The number of carboxylic acids is 2. The van der Waals surface area contributed by atoms with Gasteiger partial charge in [0.15, 0.2) is 0 Å². The SMILES string of the molecule is O=C(O)CCCc1cn(CC(=O)O)c2c(C=Cc3ccc(OCCCc4cccc(F)c4)cc3)cccc12. The number of fused-ring (bicyclic) bond motifs is 1. The number of carboxylic acid groups (broad SMARTS) is 2. The van der Waals surface area contributed by atoms with Gasteiger partial charge in [0.2, 0.25) is 0 Å². The number of nitrogens with zero attached hydrogens (tertiary/aromatic N) is 1. The number of hydrogen-bond donors (Lipinski definition) is 2. The van der Waals surface area contributed by atoms with E-state index in [1.165, 1.54) is 6.07 Å². The standard InChI is InChI=1S/C31H30FNO5/c32-26-9-1-5-23(19-26)6-4-18-38-27-16-13-22(14-17-27)12-15-24-7-2-10-28-25(8-3-11-29(34)35)20-33(31(24)28)21-30(36)37/h1-2,5,7,9-10,12-17,19-20H,3-4,6,8,11,18,21H2,(H,34,35)(H,36,37). The lowest BCUT2D eigenvalue weighted by molar-refractivity contribution is -0.138. The molecule has 196 valence electrons. The van der Waals surface area contributed by atoms with Gasteiger partial charge in [-0.25, -0.2) is 4.39 Å². The summed E-state index contributed by atoms with van der Waals surface area (Å²) in [5.74, 6) is -1.26. The summed E-state index contributed by atoms with van der Waals surface area (Å²) in [5.41, 5.74) is 4.55. The summed E-state index contributed by atoms with van der Waals surface area (Å²) in [7, 11) is 0. The number of para-hydroxylation sites is 1. The summed E-state index contributed by atoms with van der Waals surface area (Å²) in [4.78, 5) is 22.4. The van der Waals surface area contributed by atoms with E-state index in [2.05, 4.69) is 0 Å². The van der Waals surface area contributed by atoms with E-state index >= 15 is 0 Å². The van der Waals surface area contributed by atoms with Crippen molar-refractivity contribution in [1.82, 2.24) is 4.57 Å². The van der Waals surface area contributed by atoms with Crippen molar-refractivity contribution < 1.29 is 28.9 Å². The second-order valence-corrected chi connectivity index (χ2v) is 9.15. The monoisotopic (exact) mass is 515 g/mol. The molecule has 1 heterocycles. The number of hydrogen-bond acceptors (Lipinski definition) is 3. The fraction of sp³-hybridized carbons (Fsp3) is 0.226. The lowest BCUT2D eigenvalue weighted by Gasteiger charge is -2.07. The van der Waals surface area contributed by atoms with Gasteiger partial charge in [0.25, 0.3) is 0 Å². The van der Waals surface area contributed by atoms with E-state index in [1.54, 1.807) is 16.7 Å². The quantitative estimate of drug-likeness (QED) is 0.158. The van der Waals surface area contributed by atoms with E-state index in [4.69, 9.17) is 9.84 Å². The summed E-state index contributed by atoms with van der Waals surface area (Å²) in [5, 5.41) is 19.3. The Kier molecular flexibility index (Phi) is 8.93. The van der Waals surface area contributed by atoms with Gasteiger partial charge in [-0.2, -0.15) is 0 Å². The summed E-state index contributed by atoms with van der Waals surface area (Å²) in [6.45, 7) is 0.356. The molecule has 0 saturated heterocycles. The highest BCUT2D eigenvalue weighted by molar-refractivity contribution is 5.94. The van der Waals surface area contributed by atoms with Gasteiger partial charge < -0.3 is 19.5 Å². The molecule has 0 saturated carbocycles. The lowest BCUT2D eigenvalue weighted by atomic mass is 10.0. The molecule has 0 aliphatic rings. The number of aliphatic carboxylic acids is 2. The Morgan fingerprint density at radius 1 is 0.895 bits per heavy atom. The number of benzene rings is 3. The van der Waals surface area contributed by atoms with Crippen LogP contribution >= 0.6 is 0 Å². The first-order valence-electron chi connectivity index (χ1n) is 12.6. The molecule has 0 atom stereocenters. The number of halogens is 1. The number of carbonyl (C=O) groups is 2. The van der Waals surface area contributed by atoms with Gasteiger partial charge in [0.05, 0.1) is 12.1 Å². The fourth-order valence-corrected chi connectivity index (χ4v) is 4.52. The predicted octanol–water partition coefficient (Wildman–Crippen LogP) is 6.45. The lowest BCUT2D eigenvalue weighted by Crippen LogP contribution is -2.07. The summed E-state index contributed by atoms with van der Waals surface area (Å²) in [6.07, 6.45) is 8.38. The maximum Gasteiger partial charge on any atom is 0.323 e. The maximum atomic E-state index is 13.3. The third-order valence-corrected chi connectivity index (χ3v) is 6.26.